The first-order valence-corrected chi connectivity index (χ1v) is 7.25. The van der Waals surface area contributed by atoms with Crippen LogP contribution in [-0.2, 0) is 16.0 Å². The Bertz CT molecular complexity index is 361. The molecule has 0 atom stereocenters. The number of methoxy groups -OCH3 is 1. The van der Waals surface area contributed by atoms with Gasteiger partial charge in [0.15, 0.2) is 0 Å². The van der Waals surface area contributed by atoms with Gasteiger partial charge in [-0.2, -0.15) is 0 Å². The van der Waals surface area contributed by atoms with E-state index in [1.54, 1.807) is 7.11 Å². The summed E-state index contributed by atoms with van der Waals surface area (Å²) in [6, 6.07) is 6.02. The summed E-state index contributed by atoms with van der Waals surface area (Å²) < 4.78 is 17.1. The Kier molecular flexibility index (Phi) is 8.82. The average Bonchev–Trinajstić information content (AvgIpc) is 2.41. The van der Waals surface area contributed by atoms with Gasteiger partial charge in [-0.3, -0.25) is 0 Å². The summed E-state index contributed by atoms with van der Waals surface area (Å²) in [5.74, 6) is 0.896. The van der Waals surface area contributed by atoms with E-state index < -0.39 is 0 Å². The number of benzene rings is 1. The summed E-state index contributed by atoms with van der Waals surface area (Å²) in [5, 5.41) is 3.31. The average molecular weight is 332 g/mol. The van der Waals surface area contributed by atoms with Gasteiger partial charge in [0.05, 0.1) is 13.2 Å². The lowest BCUT2D eigenvalue weighted by Gasteiger charge is -2.12. The molecule has 0 spiro atoms. The van der Waals surface area contributed by atoms with E-state index in [2.05, 4.69) is 27.3 Å². The van der Waals surface area contributed by atoms with Gasteiger partial charge in [-0.25, -0.2) is 0 Å². The van der Waals surface area contributed by atoms with Gasteiger partial charge in [-0.05, 0) is 25.1 Å². The largest absolute Gasteiger partial charge is 0.491 e. The summed E-state index contributed by atoms with van der Waals surface area (Å²) in [6.45, 7) is 6.16. The Hall–Kier alpha value is -0.620. The molecule has 1 N–H and O–H groups in total. The predicted octanol–water partition coefficient (Wildman–Crippen LogP) is 2.60. The molecule has 1 aromatic carbocycles. The number of hydrogen-bond acceptors (Lipinski definition) is 4. The van der Waals surface area contributed by atoms with Crippen LogP contribution in [0, 0.1) is 0 Å². The molecule has 0 saturated heterocycles. The predicted molar refractivity (Wildman–Crippen MR) is 79.7 cm³/mol. The maximum atomic E-state index is 5.73. The third kappa shape index (κ3) is 6.92. The van der Waals surface area contributed by atoms with Gasteiger partial charge in [0, 0.05) is 36.8 Å². The van der Waals surface area contributed by atoms with Crippen molar-refractivity contribution in [3.8, 4) is 5.75 Å². The summed E-state index contributed by atoms with van der Waals surface area (Å²) in [5.41, 5.74) is 1.13. The minimum absolute atomic E-state index is 0.570. The van der Waals surface area contributed by atoms with Crippen LogP contribution in [0.15, 0.2) is 22.7 Å². The van der Waals surface area contributed by atoms with Crippen LogP contribution in [0.3, 0.4) is 0 Å². The molecule has 108 valence electrons. The van der Waals surface area contributed by atoms with Gasteiger partial charge in [0.1, 0.15) is 12.4 Å². The van der Waals surface area contributed by atoms with Crippen LogP contribution >= 0.6 is 15.9 Å². The fourth-order valence-corrected chi connectivity index (χ4v) is 1.99. The van der Waals surface area contributed by atoms with Crippen molar-refractivity contribution in [1.82, 2.24) is 5.32 Å². The SMILES string of the molecule is CCOCCOc1ccc(Br)cc1CNCCOC. The molecule has 0 aliphatic rings. The zero-order valence-corrected chi connectivity index (χ0v) is 13.2. The van der Waals surface area contributed by atoms with E-state index in [0.29, 0.717) is 19.8 Å². The zero-order valence-electron chi connectivity index (χ0n) is 11.6. The minimum atomic E-state index is 0.570. The lowest BCUT2D eigenvalue weighted by atomic mass is 10.2. The van der Waals surface area contributed by atoms with E-state index in [1.807, 2.05) is 19.1 Å². The molecular weight excluding hydrogens is 310 g/mol. The first-order chi connectivity index (χ1) is 9.27. The second-order valence-electron chi connectivity index (χ2n) is 3.97. The van der Waals surface area contributed by atoms with Crippen LogP contribution in [0.1, 0.15) is 12.5 Å². The number of nitrogens with one attached hydrogen (secondary N) is 1. The second-order valence-corrected chi connectivity index (χ2v) is 4.88. The van der Waals surface area contributed by atoms with Crippen molar-refractivity contribution >= 4 is 15.9 Å². The van der Waals surface area contributed by atoms with Gasteiger partial charge in [-0.1, -0.05) is 15.9 Å². The van der Waals surface area contributed by atoms with Crippen LogP contribution in [0.2, 0.25) is 0 Å². The normalized spacial score (nSPS) is 10.7. The zero-order chi connectivity index (χ0) is 13.9. The molecule has 0 radical (unpaired) electrons. The van der Waals surface area contributed by atoms with Crippen LogP contribution in [0.25, 0.3) is 0 Å². The molecule has 0 fully saturated rings. The molecule has 1 rings (SSSR count). The molecular formula is C14H22BrNO3. The smallest absolute Gasteiger partial charge is 0.123 e. The van der Waals surface area contributed by atoms with Gasteiger partial charge in [-0.15, -0.1) is 0 Å². The van der Waals surface area contributed by atoms with Crippen LogP contribution in [0.5, 0.6) is 5.75 Å². The third-order valence-electron chi connectivity index (χ3n) is 2.51. The summed E-state index contributed by atoms with van der Waals surface area (Å²) in [6.07, 6.45) is 0. The first-order valence-electron chi connectivity index (χ1n) is 6.46. The highest BCUT2D eigenvalue weighted by atomic mass is 79.9. The topological polar surface area (TPSA) is 39.7 Å². The molecule has 0 amide bonds. The molecule has 0 aliphatic heterocycles. The van der Waals surface area contributed by atoms with Gasteiger partial charge in [0.2, 0.25) is 0 Å². The van der Waals surface area contributed by atoms with Gasteiger partial charge < -0.3 is 19.5 Å². The van der Waals surface area contributed by atoms with E-state index in [4.69, 9.17) is 14.2 Å². The van der Waals surface area contributed by atoms with E-state index in [-0.39, 0.29) is 0 Å². The summed E-state index contributed by atoms with van der Waals surface area (Å²) >= 11 is 3.48. The van der Waals surface area contributed by atoms with E-state index in [0.717, 1.165) is 35.5 Å². The number of ether oxygens (including phenoxy) is 3. The lowest BCUT2D eigenvalue weighted by Crippen LogP contribution is -2.19. The Morgan fingerprint density at radius 3 is 2.79 bits per heavy atom. The molecule has 0 aliphatic carbocycles. The van der Waals surface area contributed by atoms with Crippen molar-refractivity contribution in [2.24, 2.45) is 0 Å². The maximum Gasteiger partial charge on any atom is 0.123 e. The highest BCUT2D eigenvalue weighted by Gasteiger charge is 2.04. The van der Waals surface area contributed by atoms with E-state index in [9.17, 15) is 0 Å². The molecule has 0 unspecified atom stereocenters. The van der Waals surface area contributed by atoms with E-state index in [1.165, 1.54) is 0 Å². The molecule has 1 aromatic rings. The van der Waals surface area contributed by atoms with Crippen LogP contribution in [-0.4, -0.2) is 40.1 Å². The van der Waals surface area contributed by atoms with Crippen molar-refractivity contribution in [2.45, 2.75) is 13.5 Å². The van der Waals surface area contributed by atoms with Gasteiger partial charge >= 0.3 is 0 Å². The van der Waals surface area contributed by atoms with Crippen molar-refractivity contribution in [3.05, 3.63) is 28.2 Å². The Balaban J connectivity index is 2.48. The molecule has 0 bridgehead atoms. The first kappa shape index (κ1) is 16.4. The Morgan fingerprint density at radius 2 is 2.05 bits per heavy atom. The van der Waals surface area contributed by atoms with Crippen molar-refractivity contribution in [1.29, 1.82) is 0 Å². The maximum absolute atomic E-state index is 5.73. The molecule has 5 heteroatoms. The molecule has 0 heterocycles. The minimum Gasteiger partial charge on any atom is -0.491 e. The quantitative estimate of drug-likeness (QED) is 0.669. The van der Waals surface area contributed by atoms with Crippen molar-refractivity contribution < 1.29 is 14.2 Å². The van der Waals surface area contributed by atoms with Gasteiger partial charge in [0.25, 0.3) is 0 Å². The molecule has 19 heavy (non-hydrogen) atoms. The lowest BCUT2D eigenvalue weighted by molar-refractivity contribution is 0.110. The monoisotopic (exact) mass is 331 g/mol. The molecule has 4 nitrogen and oxygen atoms in total. The standard InChI is InChI=1S/C14H22BrNO3/c1-3-18-8-9-19-14-5-4-13(15)10-12(14)11-16-6-7-17-2/h4-5,10,16H,3,6-9,11H2,1-2H3. The van der Waals surface area contributed by atoms with Crippen LogP contribution in [0.4, 0.5) is 0 Å². The Morgan fingerprint density at radius 1 is 1.21 bits per heavy atom. The van der Waals surface area contributed by atoms with Crippen molar-refractivity contribution in [3.63, 3.8) is 0 Å². The summed E-state index contributed by atoms with van der Waals surface area (Å²) in [7, 11) is 1.70. The molecule has 0 saturated carbocycles. The number of rotatable bonds is 10. The molecule has 0 aromatic heterocycles. The highest BCUT2D eigenvalue weighted by molar-refractivity contribution is 9.10. The number of halogens is 1. The van der Waals surface area contributed by atoms with E-state index >= 15 is 0 Å². The Labute approximate surface area is 123 Å². The summed E-state index contributed by atoms with van der Waals surface area (Å²) in [4.78, 5) is 0. The highest BCUT2D eigenvalue weighted by Crippen LogP contribution is 2.23. The second kappa shape index (κ2) is 10.2. The fraction of sp³-hybridized carbons (Fsp3) is 0.571. The van der Waals surface area contributed by atoms with Crippen molar-refractivity contribution in [2.75, 3.05) is 40.1 Å². The fourth-order valence-electron chi connectivity index (χ4n) is 1.58. The third-order valence-corrected chi connectivity index (χ3v) is 3.00. The number of hydrogen-bond donors (Lipinski definition) is 1. The van der Waals surface area contributed by atoms with Crippen LogP contribution < -0.4 is 10.1 Å².